The van der Waals surface area contributed by atoms with Gasteiger partial charge in [-0.25, -0.2) is 0 Å². The number of azide groups is 1. The summed E-state index contributed by atoms with van der Waals surface area (Å²) >= 11 is 0. The molecule has 0 bridgehead atoms. The maximum atomic E-state index is 14.0. The first-order valence-corrected chi connectivity index (χ1v) is 16.9. The van der Waals surface area contributed by atoms with E-state index in [1.807, 2.05) is 0 Å². The molecule has 1 saturated heterocycles. The fourth-order valence-electron chi connectivity index (χ4n) is 6.56. The average Bonchev–Trinajstić information content (AvgIpc) is 3.17. The number of amides is 2. The van der Waals surface area contributed by atoms with Gasteiger partial charge in [-0.1, -0.05) is 41.5 Å². The predicted molar refractivity (Wildman–Crippen MR) is 179 cm³/mol. The first kappa shape index (κ1) is 41.0. The number of nitrogens with one attached hydrogen (secondary N) is 2. The van der Waals surface area contributed by atoms with Crippen LogP contribution in [0.1, 0.15) is 46.2 Å². The van der Waals surface area contributed by atoms with E-state index in [4.69, 9.17) is 19.7 Å². The van der Waals surface area contributed by atoms with Crippen molar-refractivity contribution in [2.24, 2.45) is 17.0 Å². The highest BCUT2D eigenvalue weighted by atomic mass is 16.7. The maximum absolute atomic E-state index is 14.0. The van der Waals surface area contributed by atoms with Crippen molar-refractivity contribution in [2.75, 3.05) is 19.8 Å². The molecule has 0 radical (unpaired) electrons. The van der Waals surface area contributed by atoms with E-state index >= 15 is 0 Å². The van der Waals surface area contributed by atoms with Crippen molar-refractivity contribution >= 4 is 11.8 Å². The van der Waals surface area contributed by atoms with E-state index < -0.39 is 73.2 Å². The van der Waals surface area contributed by atoms with E-state index in [1.165, 1.54) is 0 Å². The monoisotopic (exact) mass is 733 g/mol. The molecule has 18 nitrogen and oxygen atoms in total. The highest BCUT2D eigenvalue weighted by Gasteiger charge is 2.49. The Bertz CT molecular complexity index is 1500. The van der Waals surface area contributed by atoms with Gasteiger partial charge in [-0.3, -0.25) is 9.59 Å². The summed E-state index contributed by atoms with van der Waals surface area (Å²) in [5, 5.41) is 88.7. The molecule has 2 aliphatic rings. The first-order chi connectivity index (χ1) is 25.0. The Balaban J connectivity index is 1.62. The van der Waals surface area contributed by atoms with Crippen LogP contribution in [0.3, 0.4) is 0 Å². The lowest BCUT2D eigenvalue weighted by Gasteiger charge is -2.44. The summed E-state index contributed by atoms with van der Waals surface area (Å²) < 4.78 is 17.6. The zero-order valence-corrected chi connectivity index (χ0v) is 28.4. The van der Waals surface area contributed by atoms with Crippen molar-refractivity contribution in [3.8, 4) is 0 Å². The van der Waals surface area contributed by atoms with Crippen molar-refractivity contribution in [1.82, 2.24) is 10.6 Å². The molecular weight excluding hydrogens is 686 g/mol. The molecule has 2 fully saturated rings. The number of ether oxygens (including phenoxy) is 3. The van der Waals surface area contributed by atoms with E-state index in [0.717, 1.165) is 0 Å². The SMILES string of the molecule is [N-]=[N+]=NCCO[C@H]1C[C@H](C(=O)NCc2cc(CO)cc(CO)c2)[C@@H](C(=O)NCc2cc(CO)cc(CO)c2)C[C@@H]1O[C@H]1O[C@H](CO)[C@@H](O)[C@H](O)[C@@H]1O. The Morgan fingerprint density at radius 3 is 1.63 bits per heavy atom. The summed E-state index contributed by atoms with van der Waals surface area (Å²) in [5.41, 5.74) is 12.0. The van der Waals surface area contributed by atoms with Gasteiger partial charge in [0.25, 0.3) is 0 Å². The molecule has 2 aromatic carbocycles. The first-order valence-electron chi connectivity index (χ1n) is 16.9. The number of rotatable bonds is 17. The third-order valence-corrected chi connectivity index (χ3v) is 9.18. The van der Waals surface area contributed by atoms with Gasteiger partial charge in [-0.15, -0.1) is 0 Å². The zero-order valence-electron chi connectivity index (χ0n) is 28.4. The fourth-order valence-corrected chi connectivity index (χ4v) is 6.56. The van der Waals surface area contributed by atoms with Crippen molar-refractivity contribution in [2.45, 2.75) is 95.3 Å². The summed E-state index contributed by atoms with van der Waals surface area (Å²) in [7, 11) is 0. The molecule has 52 heavy (non-hydrogen) atoms. The minimum absolute atomic E-state index is 0.00436. The van der Waals surface area contributed by atoms with Crippen LogP contribution >= 0.6 is 0 Å². The number of aliphatic hydroxyl groups excluding tert-OH is 8. The Morgan fingerprint density at radius 1 is 0.731 bits per heavy atom. The standard InChI is InChI=1S/C34H47N5O13/c35-39-38-1-2-50-26-9-24(32(48)36-11-18-3-20(13-40)7-21(4-18)14-41)25(33(49)37-12-19-5-22(15-42)8-23(6-19)16-43)10-27(26)51-34-31(47)30(46)29(45)28(17-44)52-34/h3-8,24-31,34,40-47H,1-2,9-17H2,(H,36,48)(H,37,49)/t24-,25-,26-,27-,28+,29+,30-,31-,34-/m0/s1. The summed E-state index contributed by atoms with van der Waals surface area (Å²) in [5.74, 6) is -3.17. The van der Waals surface area contributed by atoms with Gasteiger partial charge in [0.05, 0.1) is 63.7 Å². The van der Waals surface area contributed by atoms with Gasteiger partial charge >= 0.3 is 0 Å². The van der Waals surface area contributed by atoms with E-state index in [2.05, 4.69) is 20.7 Å². The van der Waals surface area contributed by atoms with Crippen LogP contribution in [0.5, 0.6) is 0 Å². The maximum Gasteiger partial charge on any atom is 0.224 e. The molecule has 10 N–H and O–H groups in total. The topological polar surface area (TPSA) is 296 Å². The van der Waals surface area contributed by atoms with Gasteiger partial charge in [0.2, 0.25) is 11.8 Å². The van der Waals surface area contributed by atoms with Gasteiger partial charge in [-0.05, 0) is 51.8 Å². The number of carbonyl (C=O) groups is 2. The number of carbonyl (C=O) groups excluding carboxylic acids is 2. The quantitative estimate of drug-likeness (QED) is 0.0384. The van der Waals surface area contributed by atoms with Crippen LogP contribution in [0, 0.1) is 11.8 Å². The fraction of sp³-hybridized carbons (Fsp3) is 0.588. The molecule has 4 rings (SSSR count). The molecule has 286 valence electrons. The number of benzene rings is 2. The Labute approximate surface area is 299 Å². The molecule has 1 aliphatic carbocycles. The number of aliphatic hydroxyl groups is 8. The molecule has 9 atom stereocenters. The highest BCUT2D eigenvalue weighted by Crippen LogP contribution is 2.37. The number of hydrogen-bond donors (Lipinski definition) is 10. The Morgan fingerprint density at radius 2 is 1.19 bits per heavy atom. The summed E-state index contributed by atoms with van der Waals surface area (Å²) in [4.78, 5) is 30.6. The molecule has 2 aromatic rings. The average molecular weight is 734 g/mol. The zero-order chi connectivity index (χ0) is 37.8. The Hall–Kier alpha value is -3.75. The number of nitrogens with zero attached hydrogens (tertiary/aromatic N) is 3. The van der Waals surface area contributed by atoms with E-state index in [-0.39, 0.29) is 65.5 Å². The van der Waals surface area contributed by atoms with Crippen molar-refractivity contribution in [3.63, 3.8) is 0 Å². The van der Waals surface area contributed by atoms with Crippen LogP contribution < -0.4 is 10.6 Å². The highest BCUT2D eigenvalue weighted by molar-refractivity contribution is 5.88. The normalized spacial score (nSPS) is 27.4. The molecule has 1 heterocycles. The lowest BCUT2D eigenvalue weighted by atomic mass is 9.75. The smallest absolute Gasteiger partial charge is 0.224 e. The van der Waals surface area contributed by atoms with Crippen LogP contribution in [0.2, 0.25) is 0 Å². The minimum atomic E-state index is -1.76. The second-order valence-electron chi connectivity index (χ2n) is 12.8. The van der Waals surface area contributed by atoms with Crippen LogP contribution in [0.15, 0.2) is 41.5 Å². The molecule has 0 aromatic heterocycles. The lowest BCUT2D eigenvalue weighted by Crippen LogP contribution is -2.61. The molecular formula is C34H47N5O13. The summed E-state index contributed by atoms with van der Waals surface area (Å²) in [6.45, 7) is -2.06. The number of hydrogen-bond acceptors (Lipinski definition) is 14. The van der Waals surface area contributed by atoms with Crippen LogP contribution in [0.4, 0.5) is 0 Å². The van der Waals surface area contributed by atoms with Gasteiger partial charge in [-0.2, -0.15) is 0 Å². The second kappa shape index (κ2) is 19.9. The van der Waals surface area contributed by atoms with Gasteiger partial charge in [0, 0.05) is 24.5 Å². The van der Waals surface area contributed by atoms with Crippen LogP contribution in [-0.4, -0.2) is 115 Å². The molecule has 0 spiro atoms. The van der Waals surface area contributed by atoms with Gasteiger partial charge in [0.1, 0.15) is 24.4 Å². The van der Waals surface area contributed by atoms with Crippen LogP contribution in [-0.2, 0) is 63.3 Å². The summed E-state index contributed by atoms with van der Waals surface area (Å²) in [6.07, 6.45) is -10.3. The van der Waals surface area contributed by atoms with Crippen molar-refractivity contribution in [3.05, 3.63) is 80.2 Å². The molecule has 1 aliphatic heterocycles. The van der Waals surface area contributed by atoms with E-state index in [0.29, 0.717) is 33.4 Å². The Kier molecular flexibility index (Phi) is 15.7. The van der Waals surface area contributed by atoms with Crippen molar-refractivity contribution < 1.29 is 64.7 Å². The molecule has 18 heteroatoms. The van der Waals surface area contributed by atoms with Crippen molar-refractivity contribution in [1.29, 1.82) is 0 Å². The summed E-state index contributed by atoms with van der Waals surface area (Å²) in [6, 6.07) is 9.89. The molecule has 0 unspecified atom stereocenters. The molecule has 2 amide bonds. The van der Waals surface area contributed by atoms with Gasteiger partial charge in [0.15, 0.2) is 6.29 Å². The predicted octanol–water partition coefficient (Wildman–Crippen LogP) is -1.50. The van der Waals surface area contributed by atoms with Gasteiger partial charge < -0.3 is 65.7 Å². The third-order valence-electron chi connectivity index (χ3n) is 9.18. The van der Waals surface area contributed by atoms with E-state index in [9.17, 15) is 50.4 Å². The lowest BCUT2D eigenvalue weighted by molar-refractivity contribution is -0.321. The second-order valence-corrected chi connectivity index (χ2v) is 12.8. The largest absolute Gasteiger partial charge is 0.394 e. The van der Waals surface area contributed by atoms with Crippen LogP contribution in [0.25, 0.3) is 10.4 Å². The molecule has 1 saturated carbocycles. The minimum Gasteiger partial charge on any atom is -0.394 e. The third kappa shape index (κ3) is 10.7. The van der Waals surface area contributed by atoms with E-state index in [1.54, 1.807) is 36.4 Å².